The van der Waals surface area contributed by atoms with E-state index in [0.29, 0.717) is 19.6 Å². The number of aryl methyl sites for hydroxylation is 1. The van der Waals surface area contributed by atoms with Gasteiger partial charge in [-0.1, -0.05) is 58.8 Å². The fourth-order valence-electron chi connectivity index (χ4n) is 2.37. The first kappa shape index (κ1) is 26.6. The molecule has 0 saturated carbocycles. The second-order valence-corrected chi connectivity index (χ2v) is 7.73. The maximum Gasteiger partial charge on any atom is 0.348 e. The largest absolute Gasteiger partial charge is 0.726 e. The van der Waals surface area contributed by atoms with Crippen LogP contribution in [0.5, 0.6) is 0 Å². The van der Waals surface area contributed by atoms with Crippen molar-refractivity contribution >= 4 is 16.4 Å². The SMILES string of the molecule is CCCCCCCCOS(=O)(=O)[O-].CCCCCOC(=O)Cn1cc[n+](C)c1. The average Bonchev–Trinajstić information content (AvgIpc) is 3.02. The molecule has 1 rings (SSSR count). The summed E-state index contributed by atoms with van der Waals surface area (Å²) in [5, 5.41) is 0. The van der Waals surface area contributed by atoms with Crippen LogP contribution in [-0.2, 0) is 37.7 Å². The van der Waals surface area contributed by atoms with Gasteiger partial charge in [0.1, 0.15) is 12.4 Å². The molecule has 1 aromatic rings. The molecule has 9 heteroatoms. The van der Waals surface area contributed by atoms with E-state index in [1.807, 2.05) is 34.9 Å². The molecule has 0 aliphatic rings. The Morgan fingerprint density at radius 1 is 1.00 bits per heavy atom. The molecular weight excluding hydrogens is 384 g/mol. The van der Waals surface area contributed by atoms with E-state index in [0.717, 1.165) is 32.1 Å². The summed E-state index contributed by atoms with van der Waals surface area (Å²) >= 11 is 0. The highest BCUT2D eigenvalue weighted by Crippen LogP contribution is 2.05. The Bertz CT molecular complexity index is 616. The van der Waals surface area contributed by atoms with Crippen LogP contribution in [-0.4, -0.2) is 36.7 Å². The molecule has 164 valence electrons. The summed E-state index contributed by atoms with van der Waals surface area (Å²) in [4.78, 5) is 11.3. The van der Waals surface area contributed by atoms with Crippen LogP contribution in [0.3, 0.4) is 0 Å². The lowest BCUT2D eigenvalue weighted by Crippen LogP contribution is -2.24. The zero-order valence-corrected chi connectivity index (χ0v) is 18.3. The van der Waals surface area contributed by atoms with E-state index in [1.165, 1.54) is 19.3 Å². The van der Waals surface area contributed by atoms with Gasteiger partial charge in [0.25, 0.3) is 0 Å². The Kier molecular flexibility index (Phi) is 15.6. The minimum atomic E-state index is -4.47. The average molecular weight is 421 g/mol. The summed E-state index contributed by atoms with van der Waals surface area (Å²) in [6.45, 7) is 5.12. The normalized spacial score (nSPS) is 11.0. The van der Waals surface area contributed by atoms with Crippen LogP contribution in [0, 0.1) is 0 Å². The smallest absolute Gasteiger partial charge is 0.348 e. The Morgan fingerprint density at radius 2 is 1.57 bits per heavy atom. The number of aromatic nitrogens is 2. The minimum absolute atomic E-state index is 0.0258. The summed E-state index contributed by atoms with van der Waals surface area (Å²) in [7, 11) is -2.55. The lowest BCUT2D eigenvalue weighted by Gasteiger charge is -2.06. The molecule has 0 aromatic carbocycles. The van der Waals surface area contributed by atoms with Gasteiger partial charge in [-0.15, -0.1) is 0 Å². The number of hydrogen-bond donors (Lipinski definition) is 0. The minimum Gasteiger partial charge on any atom is -0.726 e. The molecule has 0 radical (unpaired) electrons. The topological polar surface area (TPSA) is 102 Å². The van der Waals surface area contributed by atoms with E-state index < -0.39 is 10.4 Å². The van der Waals surface area contributed by atoms with Crippen molar-refractivity contribution in [2.45, 2.75) is 78.2 Å². The summed E-state index contributed by atoms with van der Waals surface area (Å²) in [5.74, 6) is -0.165. The van der Waals surface area contributed by atoms with Crippen molar-refractivity contribution in [3.8, 4) is 0 Å². The van der Waals surface area contributed by atoms with E-state index in [4.69, 9.17) is 4.74 Å². The van der Waals surface area contributed by atoms with Crippen molar-refractivity contribution in [2.24, 2.45) is 7.05 Å². The van der Waals surface area contributed by atoms with Gasteiger partial charge in [0.15, 0.2) is 6.54 Å². The fraction of sp³-hybridized carbons (Fsp3) is 0.789. The second kappa shape index (κ2) is 16.5. The Labute approximate surface area is 169 Å². The number of esters is 1. The monoisotopic (exact) mass is 420 g/mol. The van der Waals surface area contributed by atoms with E-state index in [9.17, 15) is 17.8 Å². The predicted octanol–water partition coefficient (Wildman–Crippen LogP) is 2.87. The Balaban J connectivity index is 0.000000528. The lowest BCUT2D eigenvalue weighted by atomic mass is 10.1. The first-order valence-electron chi connectivity index (χ1n) is 10.0. The standard InChI is InChI=1S/C11H19N2O2.C8H18O4S/c1-3-4-5-8-15-11(14)9-13-7-6-12(2)10-13;1-2-3-4-5-6-7-8-12-13(9,10)11/h6-7,10H,3-5,8-9H2,1-2H3;2-8H2,1H3,(H,9,10,11)/q+1;/p-1. The summed E-state index contributed by atoms with van der Waals surface area (Å²) in [6.07, 6.45) is 15.0. The number of rotatable bonds is 14. The van der Waals surface area contributed by atoms with Crippen LogP contribution in [0.4, 0.5) is 0 Å². The van der Waals surface area contributed by atoms with Gasteiger partial charge in [0.2, 0.25) is 16.7 Å². The maximum atomic E-state index is 11.3. The first-order valence-corrected chi connectivity index (χ1v) is 11.4. The number of unbranched alkanes of at least 4 members (excludes halogenated alkanes) is 7. The van der Waals surface area contributed by atoms with Gasteiger partial charge >= 0.3 is 5.97 Å². The summed E-state index contributed by atoms with van der Waals surface area (Å²) in [6, 6.07) is 0. The molecule has 28 heavy (non-hydrogen) atoms. The number of imidazole rings is 1. The van der Waals surface area contributed by atoms with Crippen LogP contribution in [0.1, 0.15) is 71.6 Å². The van der Waals surface area contributed by atoms with Crippen molar-refractivity contribution in [2.75, 3.05) is 13.2 Å². The van der Waals surface area contributed by atoms with Crippen LogP contribution in [0.25, 0.3) is 0 Å². The molecule has 0 aliphatic heterocycles. The van der Waals surface area contributed by atoms with Crippen LogP contribution in [0.2, 0.25) is 0 Å². The highest BCUT2D eigenvalue weighted by Gasteiger charge is 2.08. The van der Waals surface area contributed by atoms with Crippen molar-refractivity contribution in [3.05, 3.63) is 18.7 Å². The molecule has 0 bridgehead atoms. The summed E-state index contributed by atoms with van der Waals surface area (Å²) in [5.41, 5.74) is 0. The van der Waals surface area contributed by atoms with E-state index in [1.54, 1.807) is 0 Å². The molecular formula is C19H36N2O6S. The van der Waals surface area contributed by atoms with E-state index in [2.05, 4.69) is 18.0 Å². The Morgan fingerprint density at radius 3 is 2.14 bits per heavy atom. The zero-order chi connectivity index (χ0) is 21.3. The maximum absolute atomic E-state index is 11.3. The molecule has 0 saturated heterocycles. The van der Waals surface area contributed by atoms with E-state index >= 15 is 0 Å². The van der Waals surface area contributed by atoms with Gasteiger partial charge in [-0.25, -0.2) is 22.3 Å². The van der Waals surface area contributed by atoms with Crippen molar-refractivity contribution in [1.82, 2.24) is 4.57 Å². The van der Waals surface area contributed by atoms with Gasteiger partial charge in [-0.3, -0.25) is 4.18 Å². The van der Waals surface area contributed by atoms with Crippen LogP contribution < -0.4 is 4.57 Å². The van der Waals surface area contributed by atoms with Gasteiger partial charge < -0.3 is 9.29 Å². The molecule has 0 aliphatic carbocycles. The molecule has 0 amide bonds. The molecule has 1 heterocycles. The van der Waals surface area contributed by atoms with Gasteiger partial charge in [0, 0.05) is 0 Å². The molecule has 0 spiro atoms. The predicted molar refractivity (Wildman–Crippen MR) is 105 cm³/mol. The molecule has 0 unspecified atom stereocenters. The second-order valence-electron chi connectivity index (χ2n) is 6.68. The molecule has 1 aromatic heterocycles. The first-order chi connectivity index (χ1) is 13.3. The van der Waals surface area contributed by atoms with E-state index in [-0.39, 0.29) is 12.6 Å². The third-order valence-corrected chi connectivity index (χ3v) is 4.33. The van der Waals surface area contributed by atoms with Crippen molar-refractivity contribution < 1.29 is 31.3 Å². The molecule has 0 N–H and O–H groups in total. The number of ether oxygens (including phenoxy) is 1. The van der Waals surface area contributed by atoms with Crippen LogP contribution >= 0.6 is 0 Å². The van der Waals surface area contributed by atoms with Gasteiger partial charge in [-0.05, 0) is 12.8 Å². The summed E-state index contributed by atoms with van der Waals surface area (Å²) < 4.78 is 42.8. The highest BCUT2D eigenvalue weighted by atomic mass is 32.3. The molecule has 8 nitrogen and oxygen atoms in total. The van der Waals surface area contributed by atoms with Crippen LogP contribution in [0.15, 0.2) is 18.7 Å². The number of carbonyl (C=O) groups is 1. The fourth-order valence-corrected chi connectivity index (χ4v) is 2.69. The quantitative estimate of drug-likeness (QED) is 0.151. The highest BCUT2D eigenvalue weighted by molar-refractivity contribution is 7.80. The molecule has 0 fully saturated rings. The third-order valence-electron chi connectivity index (χ3n) is 3.87. The number of hydrogen-bond acceptors (Lipinski definition) is 6. The Hall–Kier alpha value is -1.45. The molecule has 0 atom stereocenters. The lowest BCUT2D eigenvalue weighted by molar-refractivity contribution is -0.671. The number of nitrogens with zero attached hydrogens (tertiary/aromatic N) is 2. The number of carbonyl (C=O) groups excluding carboxylic acids is 1. The van der Waals surface area contributed by atoms with Crippen molar-refractivity contribution in [3.63, 3.8) is 0 Å². The van der Waals surface area contributed by atoms with Crippen molar-refractivity contribution in [1.29, 1.82) is 0 Å². The zero-order valence-electron chi connectivity index (χ0n) is 17.5. The third kappa shape index (κ3) is 17.9. The van der Waals surface area contributed by atoms with Gasteiger partial charge in [0.05, 0.1) is 20.3 Å². The van der Waals surface area contributed by atoms with Gasteiger partial charge in [-0.2, -0.15) is 0 Å².